The van der Waals surface area contributed by atoms with Gasteiger partial charge < -0.3 is 14.0 Å². The van der Waals surface area contributed by atoms with E-state index in [0.29, 0.717) is 30.4 Å². The Morgan fingerprint density at radius 2 is 1.94 bits per heavy atom. The topological polar surface area (TPSA) is 110 Å². The second kappa shape index (κ2) is 9.55. The molecule has 1 aromatic rings. The van der Waals surface area contributed by atoms with Crippen LogP contribution in [-0.2, 0) is 31.6 Å². The average Bonchev–Trinajstić information content (AvgIpc) is 2.81. The number of carbonyl (C=O) groups is 2. The normalized spacial score (nSPS) is 19.3. The maximum absolute atomic E-state index is 12.7. The van der Waals surface area contributed by atoms with Gasteiger partial charge in [0.2, 0.25) is 0 Å². The van der Waals surface area contributed by atoms with Crippen LogP contribution >= 0.6 is 0 Å². The number of rotatable bonds is 7. The van der Waals surface area contributed by atoms with Crippen molar-refractivity contribution in [3.8, 4) is 5.75 Å². The molecule has 2 rings (SSSR count). The molecule has 0 spiro atoms. The predicted molar refractivity (Wildman–Crippen MR) is 107 cm³/mol. The molecule has 8 nitrogen and oxygen atoms in total. The summed E-state index contributed by atoms with van der Waals surface area (Å²) in [6, 6.07) is 3.65. The van der Waals surface area contributed by atoms with E-state index >= 15 is 0 Å². The van der Waals surface area contributed by atoms with Crippen molar-refractivity contribution < 1.29 is 45.2 Å². The lowest BCUT2D eigenvalue weighted by Gasteiger charge is -2.44. The average molecular weight is 481 g/mol. The predicted octanol–water partition coefficient (Wildman–Crippen LogP) is 4.04. The molecule has 1 aliphatic rings. The van der Waals surface area contributed by atoms with E-state index in [9.17, 15) is 36.3 Å². The Morgan fingerprint density at radius 3 is 2.47 bits per heavy atom. The van der Waals surface area contributed by atoms with Gasteiger partial charge in [0.25, 0.3) is 0 Å². The summed E-state index contributed by atoms with van der Waals surface area (Å²) in [6.07, 6.45) is -0.188. The van der Waals surface area contributed by atoms with Crippen molar-refractivity contribution in [2.75, 3.05) is 13.7 Å². The van der Waals surface area contributed by atoms with Crippen LogP contribution in [0.3, 0.4) is 0 Å². The number of alkyl halides is 3. The smallest absolute Gasteiger partial charge is 0.469 e. The van der Waals surface area contributed by atoms with Crippen LogP contribution in [0.15, 0.2) is 18.2 Å². The van der Waals surface area contributed by atoms with Crippen LogP contribution in [0.5, 0.6) is 5.75 Å². The second-order valence-electron chi connectivity index (χ2n) is 8.05. The Morgan fingerprint density at radius 1 is 1.28 bits per heavy atom. The number of methoxy groups -OCH3 is 1. The van der Waals surface area contributed by atoms with Crippen molar-refractivity contribution in [2.24, 2.45) is 5.92 Å². The van der Waals surface area contributed by atoms with E-state index in [0.717, 1.165) is 6.07 Å². The highest BCUT2D eigenvalue weighted by atomic mass is 32.2. The first kappa shape index (κ1) is 25.8. The standard InChI is InChI=1S/C20H26F3NO7S/c1-13(2)12-19(9-8-17(25)30-3)16-7-6-15(31-32(28,29)20(21,22)23)11-14(16)5-4-10-24(19)18(26)27/h6-7,11,13H,4-5,8-10,12H2,1-3H3,(H,26,27). The molecule has 0 saturated carbocycles. The van der Waals surface area contributed by atoms with Crippen molar-refractivity contribution >= 4 is 22.2 Å². The molecular weight excluding hydrogens is 455 g/mol. The molecule has 1 aliphatic heterocycles. The van der Waals surface area contributed by atoms with E-state index in [-0.39, 0.29) is 25.3 Å². The number of carbonyl (C=O) groups excluding carboxylic acids is 1. The molecule has 1 atom stereocenters. The molecular formula is C20H26F3NO7S. The number of halogens is 3. The van der Waals surface area contributed by atoms with Gasteiger partial charge in [0, 0.05) is 13.0 Å². The number of ether oxygens (including phenoxy) is 1. The molecule has 12 heteroatoms. The third-order valence-corrected chi connectivity index (χ3v) is 6.34. The number of carboxylic acid groups (broad SMARTS) is 1. The summed E-state index contributed by atoms with van der Waals surface area (Å²) in [5.41, 5.74) is -5.76. The van der Waals surface area contributed by atoms with Gasteiger partial charge in [-0.1, -0.05) is 19.9 Å². The van der Waals surface area contributed by atoms with E-state index in [1.165, 1.54) is 24.1 Å². The minimum absolute atomic E-state index is 0.00183. The van der Waals surface area contributed by atoms with Crippen molar-refractivity contribution in [1.82, 2.24) is 4.90 Å². The lowest BCUT2D eigenvalue weighted by molar-refractivity contribution is -0.141. The summed E-state index contributed by atoms with van der Waals surface area (Å²) in [4.78, 5) is 25.3. The minimum Gasteiger partial charge on any atom is -0.469 e. The number of benzene rings is 1. The molecule has 0 saturated heterocycles. The van der Waals surface area contributed by atoms with Crippen LogP contribution in [0.2, 0.25) is 0 Å². The first-order valence-electron chi connectivity index (χ1n) is 9.95. The fraction of sp³-hybridized carbons (Fsp3) is 0.600. The summed E-state index contributed by atoms with van der Waals surface area (Å²) < 4.78 is 69.9. The third-order valence-electron chi connectivity index (χ3n) is 5.36. The molecule has 0 fully saturated rings. The van der Waals surface area contributed by atoms with Crippen LogP contribution in [0.4, 0.5) is 18.0 Å². The lowest BCUT2D eigenvalue weighted by atomic mass is 9.76. The van der Waals surface area contributed by atoms with E-state index in [1.807, 2.05) is 13.8 Å². The second-order valence-corrected chi connectivity index (χ2v) is 9.58. The van der Waals surface area contributed by atoms with Gasteiger partial charge in [-0.25, -0.2) is 4.79 Å². The maximum atomic E-state index is 12.7. The minimum atomic E-state index is -5.85. The molecule has 1 aromatic carbocycles. The Labute approximate surface area is 184 Å². The molecule has 1 amide bonds. The highest BCUT2D eigenvalue weighted by Crippen LogP contribution is 2.44. The van der Waals surface area contributed by atoms with Gasteiger partial charge in [-0.05, 0) is 54.9 Å². The van der Waals surface area contributed by atoms with Crippen molar-refractivity contribution in [2.45, 2.75) is 57.0 Å². The Hall–Kier alpha value is -2.50. The molecule has 0 aromatic heterocycles. The van der Waals surface area contributed by atoms with Gasteiger partial charge in [-0.3, -0.25) is 9.69 Å². The molecule has 0 radical (unpaired) electrons. The van der Waals surface area contributed by atoms with Gasteiger partial charge in [-0.2, -0.15) is 21.6 Å². The van der Waals surface area contributed by atoms with Crippen molar-refractivity contribution in [1.29, 1.82) is 0 Å². The number of amides is 1. The zero-order chi connectivity index (χ0) is 24.3. The molecule has 1 unspecified atom stereocenters. The van der Waals surface area contributed by atoms with Crippen LogP contribution in [0.25, 0.3) is 0 Å². The van der Waals surface area contributed by atoms with E-state index in [4.69, 9.17) is 4.74 Å². The summed E-state index contributed by atoms with van der Waals surface area (Å²) in [7, 11) is -4.63. The van der Waals surface area contributed by atoms with Gasteiger partial charge in [-0.15, -0.1) is 0 Å². The van der Waals surface area contributed by atoms with Gasteiger partial charge in [0.05, 0.1) is 12.6 Å². The largest absolute Gasteiger partial charge is 0.534 e. The number of esters is 1. The Bertz CT molecular complexity index is 962. The molecule has 0 bridgehead atoms. The van der Waals surface area contributed by atoms with E-state index in [1.54, 1.807) is 0 Å². The van der Waals surface area contributed by atoms with Crippen LogP contribution in [-0.4, -0.2) is 49.6 Å². The van der Waals surface area contributed by atoms with Gasteiger partial charge >= 0.3 is 27.7 Å². The number of hydrogen-bond donors (Lipinski definition) is 1. The van der Waals surface area contributed by atoms with Crippen LogP contribution in [0.1, 0.15) is 50.7 Å². The van der Waals surface area contributed by atoms with Crippen molar-refractivity contribution in [3.63, 3.8) is 0 Å². The number of hydrogen-bond acceptors (Lipinski definition) is 6. The summed E-state index contributed by atoms with van der Waals surface area (Å²) in [6.45, 7) is 3.91. The van der Waals surface area contributed by atoms with Gasteiger partial charge in [0.1, 0.15) is 5.75 Å². The molecule has 1 heterocycles. The molecule has 180 valence electrons. The first-order valence-corrected chi connectivity index (χ1v) is 11.4. The molecule has 0 aliphatic carbocycles. The van der Waals surface area contributed by atoms with Crippen molar-refractivity contribution in [3.05, 3.63) is 29.3 Å². The number of aryl methyl sites for hydroxylation is 1. The zero-order valence-corrected chi connectivity index (χ0v) is 18.8. The SMILES string of the molecule is COC(=O)CCC1(CC(C)C)c2ccc(OS(=O)(=O)C(F)(F)F)cc2CCCN1C(=O)O. The zero-order valence-electron chi connectivity index (χ0n) is 17.9. The van der Waals surface area contributed by atoms with Gasteiger partial charge in [0.15, 0.2) is 0 Å². The van der Waals surface area contributed by atoms with E-state index < -0.39 is 39.0 Å². The Kier molecular flexibility index (Phi) is 7.69. The molecule has 32 heavy (non-hydrogen) atoms. The van der Waals surface area contributed by atoms with Crippen LogP contribution in [0, 0.1) is 5.92 Å². The highest BCUT2D eigenvalue weighted by Gasteiger charge is 2.49. The fourth-order valence-electron chi connectivity index (χ4n) is 4.20. The third kappa shape index (κ3) is 5.45. The lowest BCUT2D eigenvalue weighted by Crippen LogP contribution is -2.50. The monoisotopic (exact) mass is 481 g/mol. The van der Waals surface area contributed by atoms with Crippen LogP contribution < -0.4 is 4.18 Å². The summed E-state index contributed by atoms with van der Waals surface area (Å²) >= 11 is 0. The Balaban J connectivity index is 2.62. The maximum Gasteiger partial charge on any atom is 0.534 e. The molecule has 1 N–H and O–H groups in total. The highest BCUT2D eigenvalue weighted by molar-refractivity contribution is 7.88. The fourth-order valence-corrected chi connectivity index (χ4v) is 4.65. The summed E-state index contributed by atoms with van der Waals surface area (Å²) in [5, 5.41) is 9.94. The summed E-state index contributed by atoms with van der Waals surface area (Å²) in [5.74, 6) is -1.04. The number of fused-ring (bicyclic) bond motifs is 1. The van der Waals surface area contributed by atoms with E-state index in [2.05, 4.69) is 4.18 Å². The quantitative estimate of drug-likeness (QED) is 0.356. The first-order chi connectivity index (χ1) is 14.7. The number of nitrogens with zero attached hydrogens (tertiary/aromatic N) is 1.